The van der Waals surface area contributed by atoms with E-state index >= 15 is 0 Å². The number of sulfonamides is 1. The van der Waals surface area contributed by atoms with E-state index in [0.717, 1.165) is 12.7 Å². The molecule has 128 valence electrons. The number of ether oxygens (including phenoxy) is 1. The Morgan fingerprint density at radius 3 is 3.00 bits per heavy atom. The Labute approximate surface area is 136 Å². The van der Waals surface area contributed by atoms with Crippen molar-refractivity contribution in [2.45, 2.75) is 25.8 Å². The highest BCUT2D eigenvalue weighted by atomic mass is 32.2. The van der Waals surface area contributed by atoms with Crippen LogP contribution >= 0.6 is 0 Å². The van der Waals surface area contributed by atoms with Gasteiger partial charge in [-0.2, -0.15) is 0 Å². The van der Waals surface area contributed by atoms with Gasteiger partial charge in [-0.1, -0.05) is 0 Å². The number of nitrogens with one attached hydrogen (secondary N) is 2. The van der Waals surface area contributed by atoms with Crippen LogP contribution < -0.4 is 14.8 Å². The largest absolute Gasteiger partial charge is 0.476 e. The number of anilines is 1. The van der Waals surface area contributed by atoms with Gasteiger partial charge in [0.05, 0.1) is 12.9 Å². The van der Waals surface area contributed by atoms with E-state index in [9.17, 15) is 13.2 Å². The molecule has 1 aromatic rings. The van der Waals surface area contributed by atoms with E-state index in [2.05, 4.69) is 15.0 Å². The molecule has 0 radical (unpaired) electrons. The molecule has 0 unspecified atom stereocenters. The minimum absolute atomic E-state index is 0.259. The Kier molecular flexibility index (Phi) is 5.78. The standard InChI is InChI=1S/C14H22N4O4S/c1-3-22-13-12(7-4-8-15-13)16-14(19)18-9-5-6-11(10-18)17-23(2,20)21/h4,7-8,11,17H,3,5-6,9-10H2,1-2H3,(H,16,19)/t11-/m1/s1. The number of piperidine rings is 1. The van der Waals surface area contributed by atoms with Crippen LogP contribution in [-0.4, -0.2) is 56.3 Å². The predicted octanol–water partition coefficient (Wildman–Crippen LogP) is 1.03. The van der Waals surface area contributed by atoms with Crippen LogP contribution in [0.4, 0.5) is 10.5 Å². The molecule has 1 saturated heterocycles. The minimum Gasteiger partial charge on any atom is -0.476 e. The third-order valence-corrected chi connectivity index (χ3v) is 4.14. The first-order valence-electron chi connectivity index (χ1n) is 7.50. The van der Waals surface area contributed by atoms with Crippen molar-refractivity contribution in [3.63, 3.8) is 0 Å². The molecule has 0 aliphatic carbocycles. The number of likely N-dealkylation sites (tertiary alicyclic amines) is 1. The lowest BCUT2D eigenvalue weighted by Gasteiger charge is -2.32. The van der Waals surface area contributed by atoms with Gasteiger partial charge in [-0.15, -0.1) is 0 Å². The van der Waals surface area contributed by atoms with E-state index in [4.69, 9.17) is 4.74 Å². The van der Waals surface area contributed by atoms with Gasteiger partial charge < -0.3 is 15.0 Å². The quantitative estimate of drug-likeness (QED) is 0.832. The van der Waals surface area contributed by atoms with Gasteiger partial charge in [0.2, 0.25) is 15.9 Å². The van der Waals surface area contributed by atoms with Crippen LogP contribution in [0.5, 0.6) is 5.88 Å². The number of amides is 2. The van der Waals surface area contributed by atoms with Crippen molar-refractivity contribution < 1.29 is 17.9 Å². The summed E-state index contributed by atoms with van der Waals surface area (Å²) in [6.45, 7) is 3.21. The monoisotopic (exact) mass is 342 g/mol. The van der Waals surface area contributed by atoms with E-state index in [0.29, 0.717) is 37.7 Å². The fraction of sp³-hybridized carbons (Fsp3) is 0.571. The van der Waals surface area contributed by atoms with Crippen LogP contribution in [0.2, 0.25) is 0 Å². The zero-order valence-corrected chi connectivity index (χ0v) is 14.1. The first-order chi connectivity index (χ1) is 10.9. The van der Waals surface area contributed by atoms with Crippen molar-refractivity contribution in [3.05, 3.63) is 18.3 Å². The number of aromatic nitrogens is 1. The first-order valence-corrected chi connectivity index (χ1v) is 9.39. The van der Waals surface area contributed by atoms with Gasteiger partial charge in [-0.05, 0) is 31.9 Å². The Hall–Kier alpha value is -1.87. The second kappa shape index (κ2) is 7.60. The average molecular weight is 342 g/mol. The number of pyridine rings is 1. The highest BCUT2D eigenvalue weighted by molar-refractivity contribution is 7.88. The van der Waals surface area contributed by atoms with Gasteiger partial charge in [0.15, 0.2) is 0 Å². The predicted molar refractivity (Wildman–Crippen MR) is 87.0 cm³/mol. The summed E-state index contributed by atoms with van der Waals surface area (Å²) in [5.74, 6) is 0.367. The Morgan fingerprint density at radius 2 is 2.30 bits per heavy atom. The second-order valence-corrected chi connectivity index (χ2v) is 7.17. The zero-order chi connectivity index (χ0) is 16.9. The number of hydrogen-bond acceptors (Lipinski definition) is 5. The number of carbonyl (C=O) groups excluding carboxylic acids is 1. The third-order valence-electron chi connectivity index (χ3n) is 3.38. The molecule has 0 aromatic carbocycles. The molecule has 8 nitrogen and oxygen atoms in total. The number of rotatable bonds is 5. The number of urea groups is 1. The molecule has 23 heavy (non-hydrogen) atoms. The molecule has 1 fully saturated rings. The third kappa shape index (κ3) is 5.36. The van der Waals surface area contributed by atoms with Gasteiger partial charge in [0, 0.05) is 25.3 Å². The molecule has 1 atom stereocenters. The van der Waals surface area contributed by atoms with Crippen molar-refractivity contribution in [2.24, 2.45) is 0 Å². The maximum Gasteiger partial charge on any atom is 0.322 e. The van der Waals surface area contributed by atoms with Gasteiger partial charge in [-0.25, -0.2) is 22.9 Å². The van der Waals surface area contributed by atoms with Crippen LogP contribution in [0.25, 0.3) is 0 Å². The molecule has 1 aliphatic rings. The molecule has 9 heteroatoms. The topological polar surface area (TPSA) is 101 Å². The average Bonchev–Trinajstić information content (AvgIpc) is 2.48. The van der Waals surface area contributed by atoms with Crippen molar-refractivity contribution in [1.29, 1.82) is 0 Å². The molecule has 0 saturated carbocycles. The zero-order valence-electron chi connectivity index (χ0n) is 13.3. The SMILES string of the molecule is CCOc1ncccc1NC(=O)N1CCC[C@@H](NS(C)(=O)=O)C1. The summed E-state index contributed by atoms with van der Waals surface area (Å²) >= 11 is 0. The lowest BCUT2D eigenvalue weighted by molar-refractivity contribution is 0.190. The summed E-state index contributed by atoms with van der Waals surface area (Å²) in [4.78, 5) is 18.1. The van der Waals surface area contributed by atoms with Crippen molar-refractivity contribution in [2.75, 3.05) is 31.3 Å². The lowest BCUT2D eigenvalue weighted by Crippen LogP contribution is -2.50. The van der Waals surface area contributed by atoms with Crippen LogP contribution in [0.1, 0.15) is 19.8 Å². The molecule has 2 amide bonds. The molecule has 0 spiro atoms. The summed E-state index contributed by atoms with van der Waals surface area (Å²) in [5, 5.41) is 2.77. The van der Waals surface area contributed by atoms with E-state index in [1.165, 1.54) is 0 Å². The van der Waals surface area contributed by atoms with Gasteiger partial charge in [-0.3, -0.25) is 0 Å². The highest BCUT2D eigenvalue weighted by Gasteiger charge is 2.26. The van der Waals surface area contributed by atoms with Crippen LogP contribution in [0, 0.1) is 0 Å². The van der Waals surface area contributed by atoms with Gasteiger partial charge in [0.25, 0.3) is 0 Å². The summed E-state index contributed by atoms with van der Waals surface area (Å²) in [6.07, 6.45) is 4.17. The van der Waals surface area contributed by atoms with Crippen LogP contribution in [0.15, 0.2) is 18.3 Å². The fourth-order valence-electron chi connectivity index (χ4n) is 2.49. The Bertz CT molecular complexity index is 650. The molecule has 0 bridgehead atoms. The molecule has 1 aliphatic heterocycles. The van der Waals surface area contributed by atoms with Gasteiger partial charge in [0.1, 0.15) is 5.69 Å². The minimum atomic E-state index is -3.28. The molecule has 2 heterocycles. The van der Waals surface area contributed by atoms with E-state index in [1.807, 2.05) is 6.92 Å². The number of carbonyl (C=O) groups is 1. The maximum atomic E-state index is 12.4. The van der Waals surface area contributed by atoms with Crippen LogP contribution in [0.3, 0.4) is 0 Å². The fourth-order valence-corrected chi connectivity index (χ4v) is 3.29. The number of nitrogens with zero attached hydrogens (tertiary/aromatic N) is 2. The number of hydrogen-bond donors (Lipinski definition) is 2. The first kappa shape index (κ1) is 17.5. The maximum absolute atomic E-state index is 12.4. The van der Waals surface area contributed by atoms with E-state index < -0.39 is 10.0 Å². The molecule has 2 N–H and O–H groups in total. The van der Waals surface area contributed by atoms with Gasteiger partial charge >= 0.3 is 6.03 Å². The lowest BCUT2D eigenvalue weighted by atomic mass is 10.1. The Balaban J connectivity index is 2.00. The smallest absolute Gasteiger partial charge is 0.322 e. The highest BCUT2D eigenvalue weighted by Crippen LogP contribution is 2.21. The summed E-state index contributed by atoms with van der Waals surface area (Å²) in [5.41, 5.74) is 0.498. The van der Waals surface area contributed by atoms with Crippen molar-refractivity contribution in [1.82, 2.24) is 14.6 Å². The normalized spacial score (nSPS) is 18.5. The van der Waals surface area contributed by atoms with E-state index in [-0.39, 0.29) is 12.1 Å². The van der Waals surface area contributed by atoms with E-state index in [1.54, 1.807) is 23.2 Å². The van der Waals surface area contributed by atoms with Crippen molar-refractivity contribution in [3.8, 4) is 5.88 Å². The summed E-state index contributed by atoms with van der Waals surface area (Å²) in [7, 11) is -3.28. The van der Waals surface area contributed by atoms with Crippen LogP contribution in [-0.2, 0) is 10.0 Å². The summed E-state index contributed by atoms with van der Waals surface area (Å²) < 4.78 is 30.6. The Morgan fingerprint density at radius 1 is 1.52 bits per heavy atom. The molecular formula is C14H22N4O4S. The molecule has 2 rings (SSSR count). The second-order valence-electron chi connectivity index (χ2n) is 5.39. The molecule has 1 aromatic heterocycles. The van der Waals surface area contributed by atoms with Crippen molar-refractivity contribution >= 4 is 21.7 Å². The molecular weight excluding hydrogens is 320 g/mol. The summed E-state index contributed by atoms with van der Waals surface area (Å²) in [6, 6.07) is 2.87.